The van der Waals surface area contributed by atoms with E-state index in [-0.39, 0.29) is 11.1 Å². The largest absolute Gasteiger partial charge is 0.478 e. The Labute approximate surface area is 197 Å². The highest BCUT2D eigenvalue weighted by Gasteiger charge is 2.37. The number of carbonyl (C=O) groups excluding carboxylic acids is 3. The van der Waals surface area contributed by atoms with Crippen LogP contribution in [0.3, 0.4) is 0 Å². The van der Waals surface area contributed by atoms with Crippen LogP contribution in [0.1, 0.15) is 27.3 Å². The molecule has 1 fully saturated rings. The number of nitrogens with zero attached hydrogens (tertiary/aromatic N) is 2. The van der Waals surface area contributed by atoms with Gasteiger partial charge in [0.15, 0.2) is 0 Å². The number of hydrogen-bond donors (Lipinski definition) is 2. The Bertz CT molecular complexity index is 1350. The summed E-state index contributed by atoms with van der Waals surface area (Å²) in [6.07, 6.45) is 1.44. The molecular formula is C24H18BrN3O5. The Kier molecular flexibility index (Phi) is 5.73. The van der Waals surface area contributed by atoms with E-state index in [2.05, 4.69) is 21.2 Å². The predicted molar refractivity (Wildman–Crippen MR) is 125 cm³/mol. The van der Waals surface area contributed by atoms with Crippen LogP contribution in [0, 0.1) is 13.8 Å². The molecule has 2 heterocycles. The summed E-state index contributed by atoms with van der Waals surface area (Å²) < 4.78 is 2.61. The number of carbonyl (C=O) groups is 4. The first-order valence-electron chi connectivity index (χ1n) is 9.87. The van der Waals surface area contributed by atoms with Crippen LogP contribution in [0.15, 0.2) is 64.6 Å². The summed E-state index contributed by atoms with van der Waals surface area (Å²) in [6.45, 7) is 3.64. The average molecular weight is 508 g/mol. The van der Waals surface area contributed by atoms with Crippen molar-refractivity contribution in [3.8, 4) is 5.69 Å². The third kappa shape index (κ3) is 4.10. The minimum Gasteiger partial charge on any atom is -0.478 e. The molecule has 0 spiro atoms. The molecule has 1 aromatic heterocycles. The van der Waals surface area contributed by atoms with Crippen LogP contribution in [0.5, 0.6) is 0 Å². The molecule has 3 aromatic rings. The van der Waals surface area contributed by atoms with Crippen molar-refractivity contribution in [1.82, 2.24) is 9.88 Å². The van der Waals surface area contributed by atoms with E-state index in [0.717, 1.165) is 15.1 Å². The van der Waals surface area contributed by atoms with E-state index in [4.69, 9.17) is 0 Å². The van der Waals surface area contributed by atoms with Crippen LogP contribution < -0.4 is 10.2 Å². The first-order valence-corrected chi connectivity index (χ1v) is 10.7. The summed E-state index contributed by atoms with van der Waals surface area (Å²) in [5.41, 5.74) is 3.01. The average Bonchev–Trinajstić information content (AvgIpc) is 3.05. The van der Waals surface area contributed by atoms with Gasteiger partial charge in [-0.3, -0.25) is 14.9 Å². The molecule has 0 unspecified atom stereocenters. The quantitative estimate of drug-likeness (QED) is 0.405. The fraction of sp³-hybridized carbons (Fsp3) is 0.0833. The number of imide groups is 2. The number of aromatic carboxylic acids is 1. The van der Waals surface area contributed by atoms with Crippen LogP contribution in [-0.2, 0) is 9.59 Å². The molecule has 8 nitrogen and oxygen atoms in total. The number of benzene rings is 2. The third-order valence-corrected chi connectivity index (χ3v) is 5.84. The van der Waals surface area contributed by atoms with Crippen molar-refractivity contribution < 1.29 is 24.3 Å². The van der Waals surface area contributed by atoms with E-state index < -0.39 is 23.8 Å². The Morgan fingerprint density at radius 2 is 1.70 bits per heavy atom. The zero-order valence-corrected chi connectivity index (χ0v) is 19.2. The Morgan fingerprint density at radius 3 is 2.36 bits per heavy atom. The van der Waals surface area contributed by atoms with Crippen molar-refractivity contribution in [3.05, 3.63) is 87.2 Å². The van der Waals surface area contributed by atoms with Gasteiger partial charge in [0.2, 0.25) is 0 Å². The summed E-state index contributed by atoms with van der Waals surface area (Å²) in [5.74, 6) is -2.55. The van der Waals surface area contributed by atoms with Crippen LogP contribution in [0.25, 0.3) is 11.8 Å². The van der Waals surface area contributed by atoms with Crippen LogP contribution in [0.2, 0.25) is 0 Å². The highest BCUT2D eigenvalue weighted by atomic mass is 79.9. The van der Waals surface area contributed by atoms with E-state index in [1.165, 1.54) is 12.1 Å². The van der Waals surface area contributed by atoms with Crippen molar-refractivity contribution >= 4 is 51.5 Å². The van der Waals surface area contributed by atoms with E-state index >= 15 is 0 Å². The molecule has 1 aliphatic heterocycles. The molecule has 1 aliphatic rings. The predicted octanol–water partition coefficient (Wildman–Crippen LogP) is 4.22. The number of halogens is 1. The molecular weight excluding hydrogens is 490 g/mol. The molecule has 4 rings (SSSR count). The van der Waals surface area contributed by atoms with E-state index in [9.17, 15) is 24.3 Å². The second-order valence-corrected chi connectivity index (χ2v) is 8.37. The molecule has 2 aromatic carbocycles. The maximum Gasteiger partial charge on any atom is 0.335 e. The number of carboxylic acid groups (broad SMARTS) is 1. The van der Waals surface area contributed by atoms with Gasteiger partial charge in [-0.05, 0) is 74.0 Å². The van der Waals surface area contributed by atoms with E-state index in [1.807, 2.05) is 11.5 Å². The first-order chi connectivity index (χ1) is 15.7. The lowest BCUT2D eigenvalue weighted by atomic mass is 10.1. The fourth-order valence-corrected chi connectivity index (χ4v) is 4.01. The van der Waals surface area contributed by atoms with Crippen LogP contribution >= 0.6 is 15.9 Å². The maximum atomic E-state index is 13.1. The lowest BCUT2D eigenvalue weighted by Crippen LogP contribution is -2.54. The zero-order valence-electron chi connectivity index (χ0n) is 17.6. The van der Waals surface area contributed by atoms with Gasteiger partial charge in [-0.2, -0.15) is 0 Å². The number of carboxylic acids is 1. The SMILES string of the molecule is Cc1cc(C=C2C(=O)NC(=O)N(c3ccc(Br)cc3)C2=O)c(C)n1-c1cccc(C(=O)O)c1. The summed E-state index contributed by atoms with van der Waals surface area (Å²) in [6, 6.07) is 14.0. The zero-order chi connectivity index (χ0) is 23.9. The normalized spacial score (nSPS) is 15.2. The lowest BCUT2D eigenvalue weighted by molar-refractivity contribution is -0.122. The molecule has 0 aliphatic carbocycles. The topological polar surface area (TPSA) is 109 Å². The molecule has 166 valence electrons. The van der Waals surface area contributed by atoms with Gasteiger partial charge in [0.25, 0.3) is 11.8 Å². The minimum atomic E-state index is -1.04. The Balaban J connectivity index is 1.76. The van der Waals surface area contributed by atoms with E-state index in [1.54, 1.807) is 55.5 Å². The highest BCUT2D eigenvalue weighted by Crippen LogP contribution is 2.27. The number of nitrogens with one attached hydrogen (secondary N) is 1. The third-order valence-electron chi connectivity index (χ3n) is 5.31. The lowest BCUT2D eigenvalue weighted by Gasteiger charge is -2.26. The molecule has 2 N–H and O–H groups in total. The van der Waals surface area contributed by atoms with Crippen molar-refractivity contribution in [2.75, 3.05) is 4.90 Å². The molecule has 0 radical (unpaired) electrons. The summed E-state index contributed by atoms with van der Waals surface area (Å²) in [5, 5.41) is 11.5. The number of amides is 4. The number of aromatic nitrogens is 1. The second-order valence-electron chi connectivity index (χ2n) is 7.45. The van der Waals surface area contributed by atoms with Gasteiger partial charge in [0.05, 0.1) is 11.3 Å². The van der Waals surface area contributed by atoms with Gasteiger partial charge in [0.1, 0.15) is 5.57 Å². The van der Waals surface area contributed by atoms with Gasteiger partial charge >= 0.3 is 12.0 Å². The summed E-state index contributed by atoms with van der Waals surface area (Å²) >= 11 is 3.31. The van der Waals surface area contributed by atoms with E-state index in [0.29, 0.717) is 22.6 Å². The molecule has 0 saturated carbocycles. The molecule has 4 amide bonds. The standard InChI is InChI=1S/C24H18BrN3O5/c1-13-10-16(14(2)27(13)19-5-3-4-15(11-19)23(31)32)12-20-21(29)26-24(33)28(22(20)30)18-8-6-17(25)7-9-18/h3-12H,1-2H3,(H,31,32)(H,26,29,33). The summed E-state index contributed by atoms with van der Waals surface area (Å²) in [7, 11) is 0. The van der Waals surface area contributed by atoms with Crippen molar-refractivity contribution in [2.24, 2.45) is 0 Å². The van der Waals surface area contributed by atoms with Gasteiger partial charge in [-0.1, -0.05) is 22.0 Å². The monoisotopic (exact) mass is 507 g/mol. The maximum absolute atomic E-state index is 13.1. The van der Waals surface area contributed by atoms with Crippen LogP contribution in [0.4, 0.5) is 10.5 Å². The van der Waals surface area contributed by atoms with Crippen LogP contribution in [-0.4, -0.2) is 33.5 Å². The Hall–Kier alpha value is -3.98. The smallest absolute Gasteiger partial charge is 0.335 e. The minimum absolute atomic E-state index is 0.144. The number of anilines is 1. The van der Waals surface area contributed by atoms with Gasteiger partial charge in [-0.25, -0.2) is 14.5 Å². The Morgan fingerprint density at radius 1 is 1.00 bits per heavy atom. The van der Waals surface area contributed by atoms with Gasteiger partial charge in [0, 0.05) is 21.5 Å². The number of urea groups is 1. The number of barbiturate groups is 1. The highest BCUT2D eigenvalue weighted by molar-refractivity contribution is 9.10. The molecule has 0 atom stereocenters. The van der Waals surface area contributed by atoms with Crippen molar-refractivity contribution in [3.63, 3.8) is 0 Å². The summed E-state index contributed by atoms with van der Waals surface area (Å²) in [4.78, 5) is 50.3. The number of rotatable bonds is 4. The molecule has 33 heavy (non-hydrogen) atoms. The molecule has 9 heteroatoms. The first kappa shape index (κ1) is 22.2. The second kappa shape index (κ2) is 8.51. The van der Waals surface area contributed by atoms with Crippen molar-refractivity contribution in [2.45, 2.75) is 13.8 Å². The number of hydrogen-bond acceptors (Lipinski definition) is 4. The molecule has 1 saturated heterocycles. The van der Waals surface area contributed by atoms with Gasteiger partial charge in [-0.15, -0.1) is 0 Å². The van der Waals surface area contributed by atoms with Gasteiger partial charge < -0.3 is 9.67 Å². The molecule has 0 bridgehead atoms. The number of aryl methyl sites for hydroxylation is 1. The van der Waals surface area contributed by atoms with Crippen molar-refractivity contribution in [1.29, 1.82) is 0 Å². The fourth-order valence-electron chi connectivity index (χ4n) is 3.75.